The number of esters is 1. The number of hydrogen-bond donors (Lipinski definition) is 1. The van der Waals surface area contributed by atoms with Gasteiger partial charge in [-0.2, -0.15) is 4.73 Å². The molecule has 3 aromatic rings. The van der Waals surface area contributed by atoms with Gasteiger partial charge in [0.2, 0.25) is 0 Å². The molecule has 1 amide bonds. The molecule has 1 N–H and O–H groups in total. The Morgan fingerprint density at radius 2 is 1.62 bits per heavy atom. The largest absolute Gasteiger partial charge is 0.618 e. The lowest BCUT2D eigenvalue weighted by molar-refractivity contribution is -0.608. The van der Waals surface area contributed by atoms with Crippen LogP contribution in [-0.4, -0.2) is 25.6 Å². The van der Waals surface area contributed by atoms with Crippen molar-refractivity contribution in [1.82, 2.24) is 5.32 Å². The zero-order valence-corrected chi connectivity index (χ0v) is 15.8. The molecule has 0 saturated heterocycles. The molecule has 29 heavy (non-hydrogen) atoms. The van der Waals surface area contributed by atoms with Crippen LogP contribution >= 0.6 is 0 Å². The average Bonchev–Trinajstić information content (AvgIpc) is 2.77. The third kappa shape index (κ3) is 5.10. The van der Waals surface area contributed by atoms with Gasteiger partial charge in [0.15, 0.2) is 12.8 Å². The Morgan fingerprint density at radius 3 is 2.28 bits per heavy atom. The van der Waals surface area contributed by atoms with Gasteiger partial charge in [0.25, 0.3) is 5.91 Å². The van der Waals surface area contributed by atoms with Crippen LogP contribution in [0.1, 0.15) is 27.7 Å². The SMILES string of the molecule is COc1ccc([C@H](NC(=O)COC(=O)c2cccc[n+]2[O-])c2ccccc2)cc1. The fraction of sp³-hybridized carbons (Fsp3) is 0.136. The second-order valence-corrected chi connectivity index (χ2v) is 6.17. The highest BCUT2D eigenvalue weighted by atomic mass is 16.5. The van der Waals surface area contributed by atoms with Gasteiger partial charge >= 0.3 is 11.7 Å². The summed E-state index contributed by atoms with van der Waals surface area (Å²) in [5, 5.41) is 14.5. The molecule has 1 aromatic heterocycles. The van der Waals surface area contributed by atoms with Gasteiger partial charge in [-0.1, -0.05) is 42.5 Å². The minimum absolute atomic E-state index is 0.185. The normalized spacial score (nSPS) is 11.3. The molecule has 0 spiro atoms. The van der Waals surface area contributed by atoms with E-state index < -0.39 is 24.5 Å². The summed E-state index contributed by atoms with van der Waals surface area (Å²) in [4.78, 5) is 24.5. The van der Waals surface area contributed by atoms with E-state index in [1.54, 1.807) is 25.3 Å². The number of rotatable bonds is 7. The van der Waals surface area contributed by atoms with Crippen LogP contribution in [0.5, 0.6) is 5.75 Å². The first kappa shape index (κ1) is 19.9. The van der Waals surface area contributed by atoms with Crippen LogP contribution in [0.25, 0.3) is 0 Å². The number of pyridine rings is 1. The molecule has 0 aliphatic carbocycles. The van der Waals surface area contributed by atoms with Crippen molar-refractivity contribution in [1.29, 1.82) is 0 Å². The van der Waals surface area contributed by atoms with Crippen molar-refractivity contribution in [3.63, 3.8) is 0 Å². The third-order valence-corrected chi connectivity index (χ3v) is 4.25. The third-order valence-electron chi connectivity index (χ3n) is 4.25. The van der Waals surface area contributed by atoms with E-state index in [0.717, 1.165) is 11.1 Å². The van der Waals surface area contributed by atoms with E-state index in [-0.39, 0.29) is 5.69 Å². The molecule has 0 fully saturated rings. The maximum atomic E-state index is 12.4. The highest BCUT2D eigenvalue weighted by Gasteiger charge is 2.21. The Labute approximate surface area is 168 Å². The van der Waals surface area contributed by atoms with E-state index in [1.165, 1.54) is 18.3 Å². The van der Waals surface area contributed by atoms with Crippen LogP contribution in [0.3, 0.4) is 0 Å². The second-order valence-electron chi connectivity index (χ2n) is 6.17. The monoisotopic (exact) mass is 392 g/mol. The van der Waals surface area contributed by atoms with Crippen molar-refractivity contribution in [3.8, 4) is 5.75 Å². The molecule has 0 aliphatic rings. The Hall–Kier alpha value is -3.87. The van der Waals surface area contributed by atoms with Crippen molar-refractivity contribution >= 4 is 11.9 Å². The summed E-state index contributed by atoms with van der Waals surface area (Å²) in [5.74, 6) is -0.651. The molecule has 7 nitrogen and oxygen atoms in total. The molecule has 148 valence electrons. The average molecular weight is 392 g/mol. The number of nitrogens with zero attached hydrogens (tertiary/aromatic N) is 1. The lowest BCUT2D eigenvalue weighted by atomic mass is 9.98. The fourth-order valence-corrected chi connectivity index (χ4v) is 2.79. The summed E-state index contributed by atoms with van der Waals surface area (Å²) in [6.07, 6.45) is 1.19. The van der Waals surface area contributed by atoms with Gasteiger partial charge in [-0.05, 0) is 29.3 Å². The first-order chi connectivity index (χ1) is 14.1. The van der Waals surface area contributed by atoms with Gasteiger partial charge in [-0.15, -0.1) is 0 Å². The number of methoxy groups -OCH3 is 1. The number of benzene rings is 2. The number of amides is 1. The molecule has 0 saturated carbocycles. The molecule has 0 unspecified atom stereocenters. The van der Waals surface area contributed by atoms with Crippen molar-refractivity contribution in [2.24, 2.45) is 0 Å². The summed E-state index contributed by atoms with van der Waals surface area (Å²) in [5.41, 5.74) is 1.53. The van der Waals surface area contributed by atoms with Gasteiger partial charge in [-0.3, -0.25) is 4.79 Å². The predicted molar refractivity (Wildman–Crippen MR) is 105 cm³/mol. The highest BCUT2D eigenvalue weighted by Crippen LogP contribution is 2.24. The molecule has 0 aliphatic heterocycles. The first-order valence-corrected chi connectivity index (χ1v) is 8.92. The molecule has 2 aromatic carbocycles. The van der Waals surface area contributed by atoms with E-state index in [1.807, 2.05) is 42.5 Å². The van der Waals surface area contributed by atoms with Crippen LogP contribution in [0.2, 0.25) is 0 Å². The van der Waals surface area contributed by atoms with Crippen LogP contribution in [0, 0.1) is 5.21 Å². The number of hydrogen-bond acceptors (Lipinski definition) is 5. The highest BCUT2D eigenvalue weighted by molar-refractivity contribution is 5.88. The molecule has 1 heterocycles. The van der Waals surface area contributed by atoms with E-state index >= 15 is 0 Å². The van der Waals surface area contributed by atoms with Crippen LogP contribution in [-0.2, 0) is 9.53 Å². The van der Waals surface area contributed by atoms with E-state index in [2.05, 4.69) is 5.32 Å². The van der Waals surface area contributed by atoms with Crippen molar-refractivity contribution in [2.75, 3.05) is 13.7 Å². The van der Waals surface area contributed by atoms with Gasteiger partial charge in [-0.25, -0.2) is 4.79 Å². The van der Waals surface area contributed by atoms with Gasteiger partial charge in [0.05, 0.1) is 13.2 Å². The van der Waals surface area contributed by atoms with Gasteiger partial charge in [0, 0.05) is 12.1 Å². The molecule has 0 bridgehead atoms. The van der Waals surface area contributed by atoms with Crippen molar-refractivity contribution in [3.05, 3.63) is 101 Å². The summed E-state index contributed by atoms with van der Waals surface area (Å²) < 4.78 is 10.6. The zero-order valence-electron chi connectivity index (χ0n) is 15.8. The van der Waals surface area contributed by atoms with Gasteiger partial charge in [0.1, 0.15) is 5.75 Å². The maximum absolute atomic E-state index is 12.4. The topological polar surface area (TPSA) is 91.6 Å². The van der Waals surface area contributed by atoms with Crippen molar-refractivity contribution < 1.29 is 23.8 Å². The quantitative estimate of drug-likeness (QED) is 0.379. The first-order valence-electron chi connectivity index (χ1n) is 8.92. The van der Waals surface area contributed by atoms with E-state index in [9.17, 15) is 14.8 Å². The van der Waals surface area contributed by atoms with E-state index in [4.69, 9.17) is 9.47 Å². The molecule has 0 radical (unpaired) electrons. The lowest BCUT2D eigenvalue weighted by Gasteiger charge is -2.20. The summed E-state index contributed by atoms with van der Waals surface area (Å²) >= 11 is 0. The van der Waals surface area contributed by atoms with E-state index in [0.29, 0.717) is 10.5 Å². The Kier molecular flexibility index (Phi) is 6.42. The Morgan fingerprint density at radius 1 is 0.966 bits per heavy atom. The Balaban J connectivity index is 1.71. The number of aromatic nitrogens is 1. The van der Waals surface area contributed by atoms with Crippen molar-refractivity contribution in [2.45, 2.75) is 6.04 Å². The summed E-state index contributed by atoms with van der Waals surface area (Å²) in [7, 11) is 1.58. The minimum atomic E-state index is -0.864. The summed E-state index contributed by atoms with van der Waals surface area (Å²) in [6, 6.07) is 20.7. The van der Waals surface area contributed by atoms with Crippen LogP contribution in [0.4, 0.5) is 0 Å². The molecular formula is C22H20N2O5. The van der Waals surface area contributed by atoms with Crippen LogP contribution < -0.4 is 14.8 Å². The second kappa shape index (κ2) is 9.36. The van der Waals surface area contributed by atoms with Crippen LogP contribution in [0.15, 0.2) is 79.0 Å². The minimum Gasteiger partial charge on any atom is -0.618 e. The number of carbonyl (C=O) groups is 2. The van der Waals surface area contributed by atoms with Gasteiger partial charge < -0.3 is 20.0 Å². The summed E-state index contributed by atoms with van der Waals surface area (Å²) in [6.45, 7) is -0.507. The fourth-order valence-electron chi connectivity index (χ4n) is 2.79. The number of carbonyl (C=O) groups excluding carboxylic acids is 2. The lowest BCUT2D eigenvalue weighted by Crippen LogP contribution is -2.37. The Bertz CT molecular complexity index is 974. The zero-order chi connectivity index (χ0) is 20.6. The molecule has 1 atom stereocenters. The standard InChI is InChI=1S/C22H20N2O5/c1-28-18-12-10-17(11-13-18)21(16-7-3-2-4-8-16)23-20(25)15-29-22(26)19-9-5-6-14-24(19)27/h2-14,21H,15H2,1H3,(H,23,25)/t21-/m1/s1. The maximum Gasteiger partial charge on any atom is 0.405 e. The molecule has 3 rings (SSSR count). The number of ether oxygens (including phenoxy) is 2. The predicted octanol–water partition coefficient (Wildman–Crippen LogP) is 2.39. The molecular weight excluding hydrogens is 372 g/mol. The number of nitrogens with one attached hydrogen (secondary N) is 1. The smallest absolute Gasteiger partial charge is 0.405 e. The molecule has 7 heteroatoms.